The summed E-state index contributed by atoms with van der Waals surface area (Å²) in [6.07, 6.45) is 2.66. The quantitative estimate of drug-likeness (QED) is 0.827. The molecule has 0 aliphatic rings. The molecule has 1 aromatic carbocycles. The largest absolute Gasteiger partial charge is 0.478 e. The highest BCUT2D eigenvalue weighted by atomic mass is 16.5. The van der Waals surface area contributed by atoms with Crippen LogP contribution < -0.4 is 0 Å². The Morgan fingerprint density at radius 1 is 1.22 bits per heavy atom. The second-order valence-electron chi connectivity index (χ2n) is 3.52. The first-order valence-electron chi connectivity index (χ1n) is 5.08. The Labute approximate surface area is 102 Å². The molecule has 18 heavy (non-hydrogen) atoms. The Morgan fingerprint density at radius 3 is 2.39 bits per heavy atom. The van der Waals surface area contributed by atoms with Crippen molar-refractivity contribution in [2.24, 2.45) is 0 Å². The van der Waals surface area contributed by atoms with Crippen LogP contribution in [0.25, 0.3) is 5.69 Å². The van der Waals surface area contributed by atoms with E-state index in [0.717, 1.165) is 0 Å². The summed E-state index contributed by atoms with van der Waals surface area (Å²) in [5.41, 5.74) is 1.19. The molecule has 0 saturated carbocycles. The fourth-order valence-electron chi connectivity index (χ4n) is 1.44. The molecule has 0 spiro atoms. The van der Waals surface area contributed by atoms with Gasteiger partial charge >= 0.3 is 11.9 Å². The number of rotatable bonds is 3. The van der Waals surface area contributed by atoms with E-state index in [0.29, 0.717) is 11.3 Å². The van der Waals surface area contributed by atoms with Crippen LogP contribution in [-0.4, -0.2) is 33.9 Å². The number of methoxy groups -OCH3 is 1. The van der Waals surface area contributed by atoms with Gasteiger partial charge in [-0.05, 0) is 24.3 Å². The number of ether oxygens (including phenoxy) is 1. The number of carbonyl (C=O) groups excluding carboxylic acids is 1. The minimum absolute atomic E-state index is 0.104. The molecule has 0 amide bonds. The highest BCUT2D eigenvalue weighted by molar-refractivity contribution is 5.89. The average molecular weight is 246 g/mol. The first-order chi connectivity index (χ1) is 8.61. The van der Waals surface area contributed by atoms with Crippen molar-refractivity contribution in [2.45, 2.75) is 0 Å². The van der Waals surface area contributed by atoms with Gasteiger partial charge in [0.25, 0.3) is 0 Å². The van der Waals surface area contributed by atoms with Gasteiger partial charge < -0.3 is 9.84 Å². The van der Waals surface area contributed by atoms with Crippen LogP contribution in [-0.2, 0) is 4.74 Å². The zero-order chi connectivity index (χ0) is 13.1. The lowest BCUT2D eigenvalue weighted by molar-refractivity contribution is 0.0600. The molecule has 2 aromatic rings. The molecule has 6 nitrogen and oxygen atoms in total. The molecule has 6 heteroatoms. The monoisotopic (exact) mass is 246 g/mol. The second-order valence-corrected chi connectivity index (χ2v) is 3.52. The molecule has 1 N–H and O–H groups in total. The van der Waals surface area contributed by atoms with Gasteiger partial charge in [-0.2, -0.15) is 5.10 Å². The van der Waals surface area contributed by atoms with Gasteiger partial charge in [0.1, 0.15) is 0 Å². The molecule has 2 rings (SSSR count). The SMILES string of the molecule is COC(=O)c1ccc(-n2cc(C(=O)O)cn2)cc1. The molecule has 1 aromatic heterocycles. The molecule has 0 radical (unpaired) electrons. The van der Waals surface area contributed by atoms with E-state index in [4.69, 9.17) is 5.11 Å². The number of aromatic nitrogens is 2. The molecule has 0 bridgehead atoms. The Bertz CT molecular complexity index is 586. The molecule has 0 aliphatic carbocycles. The van der Waals surface area contributed by atoms with Crippen LogP contribution in [0.3, 0.4) is 0 Å². The first kappa shape index (κ1) is 11.8. The standard InChI is InChI=1S/C12H10N2O4/c1-18-12(17)8-2-4-10(5-3-8)14-7-9(6-13-14)11(15)16/h2-7H,1H3,(H,15,16). The van der Waals surface area contributed by atoms with Crippen molar-refractivity contribution in [1.82, 2.24) is 9.78 Å². The van der Waals surface area contributed by atoms with E-state index in [-0.39, 0.29) is 5.56 Å². The van der Waals surface area contributed by atoms with Gasteiger partial charge in [-0.3, -0.25) is 0 Å². The first-order valence-corrected chi connectivity index (χ1v) is 5.08. The minimum atomic E-state index is -1.03. The fraction of sp³-hybridized carbons (Fsp3) is 0.0833. The van der Waals surface area contributed by atoms with Crippen LogP contribution in [0.4, 0.5) is 0 Å². The van der Waals surface area contributed by atoms with Crippen LogP contribution in [0.1, 0.15) is 20.7 Å². The van der Waals surface area contributed by atoms with Gasteiger partial charge in [0.05, 0.1) is 30.1 Å². The molecule has 0 atom stereocenters. The van der Waals surface area contributed by atoms with E-state index >= 15 is 0 Å². The van der Waals surface area contributed by atoms with Crippen LogP contribution in [0.2, 0.25) is 0 Å². The molecule has 0 unspecified atom stereocenters. The third-order valence-corrected chi connectivity index (χ3v) is 2.38. The highest BCUT2D eigenvalue weighted by Gasteiger charge is 2.08. The number of hydrogen-bond acceptors (Lipinski definition) is 4. The van der Waals surface area contributed by atoms with E-state index < -0.39 is 11.9 Å². The van der Waals surface area contributed by atoms with Gasteiger partial charge in [-0.25, -0.2) is 14.3 Å². The predicted molar refractivity (Wildman–Crippen MR) is 61.9 cm³/mol. The van der Waals surface area contributed by atoms with Gasteiger partial charge in [0, 0.05) is 6.20 Å². The van der Waals surface area contributed by atoms with Crippen LogP contribution in [0, 0.1) is 0 Å². The van der Waals surface area contributed by atoms with Crippen LogP contribution >= 0.6 is 0 Å². The maximum absolute atomic E-state index is 11.2. The second kappa shape index (κ2) is 4.70. The number of hydrogen-bond donors (Lipinski definition) is 1. The predicted octanol–water partition coefficient (Wildman–Crippen LogP) is 1.36. The Kier molecular flexibility index (Phi) is 3.09. The Balaban J connectivity index is 2.28. The van der Waals surface area contributed by atoms with Crippen molar-refractivity contribution >= 4 is 11.9 Å². The van der Waals surface area contributed by atoms with Gasteiger partial charge in [-0.1, -0.05) is 0 Å². The lowest BCUT2D eigenvalue weighted by atomic mass is 10.2. The summed E-state index contributed by atoms with van der Waals surface area (Å²) in [6, 6.07) is 6.49. The van der Waals surface area contributed by atoms with Crippen molar-refractivity contribution in [3.05, 3.63) is 47.8 Å². The summed E-state index contributed by atoms with van der Waals surface area (Å²) in [5, 5.41) is 12.7. The normalized spacial score (nSPS) is 10.1. The molecular formula is C12H10N2O4. The third kappa shape index (κ3) is 2.22. The number of benzene rings is 1. The summed E-state index contributed by atoms with van der Waals surface area (Å²) in [4.78, 5) is 21.9. The maximum atomic E-state index is 11.2. The molecular weight excluding hydrogens is 236 g/mol. The van der Waals surface area contributed by atoms with Gasteiger partial charge in [0.2, 0.25) is 0 Å². The fourth-order valence-corrected chi connectivity index (χ4v) is 1.44. The lowest BCUT2D eigenvalue weighted by Gasteiger charge is -2.02. The van der Waals surface area contributed by atoms with Crippen LogP contribution in [0.5, 0.6) is 0 Å². The average Bonchev–Trinajstić information content (AvgIpc) is 2.88. The summed E-state index contributed by atoms with van der Waals surface area (Å²) in [5.74, 6) is -1.46. The van der Waals surface area contributed by atoms with Crippen LogP contribution in [0.15, 0.2) is 36.7 Å². The third-order valence-electron chi connectivity index (χ3n) is 2.38. The lowest BCUT2D eigenvalue weighted by Crippen LogP contribution is -2.02. The minimum Gasteiger partial charge on any atom is -0.478 e. The number of carboxylic acid groups (broad SMARTS) is 1. The molecule has 92 valence electrons. The van der Waals surface area contributed by atoms with Crippen molar-refractivity contribution in [3.63, 3.8) is 0 Å². The Hall–Kier alpha value is -2.63. The number of aromatic carboxylic acids is 1. The van der Waals surface area contributed by atoms with Gasteiger partial charge in [-0.15, -0.1) is 0 Å². The molecule has 1 heterocycles. The topological polar surface area (TPSA) is 81.4 Å². The van der Waals surface area contributed by atoms with Crippen molar-refractivity contribution in [2.75, 3.05) is 7.11 Å². The summed E-state index contributed by atoms with van der Waals surface area (Å²) >= 11 is 0. The maximum Gasteiger partial charge on any atom is 0.338 e. The Morgan fingerprint density at radius 2 is 1.89 bits per heavy atom. The number of esters is 1. The van der Waals surface area contributed by atoms with Crippen molar-refractivity contribution in [1.29, 1.82) is 0 Å². The van der Waals surface area contributed by atoms with Crippen molar-refractivity contribution in [3.8, 4) is 5.69 Å². The van der Waals surface area contributed by atoms with E-state index in [1.165, 1.54) is 24.2 Å². The summed E-state index contributed by atoms with van der Waals surface area (Å²) in [6.45, 7) is 0. The van der Waals surface area contributed by atoms with Gasteiger partial charge in [0.15, 0.2) is 0 Å². The zero-order valence-electron chi connectivity index (χ0n) is 9.53. The zero-order valence-corrected chi connectivity index (χ0v) is 9.53. The molecule has 0 fully saturated rings. The smallest absolute Gasteiger partial charge is 0.338 e. The molecule has 0 aliphatic heterocycles. The highest BCUT2D eigenvalue weighted by Crippen LogP contribution is 2.11. The van der Waals surface area contributed by atoms with E-state index in [1.54, 1.807) is 24.3 Å². The van der Waals surface area contributed by atoms with E-state index in [9.17, 15) is 9.59 Å². The summed E-state index contributed by atoms with van der Waals surface area (Å²) in [7, 11) is 1.31. The number of carbonyl (C=O) groups is 2. The molecule has 0 saturated heterocycles. The number of nitrogens with zero attached hydrogens (tertiary/aromatic N) is 2. The number of carboxylic acids is 1. The van der Waals surface area contributed by atoms with E-state index in [1.807, 2.05) is 0 Å². The van der Waals surface area contributed by atoms with E-state index in [2.05, 4.69) is 9.84 Å². The summed E-state index contributed by atoms with van der Waals surface area (Å²) < 4.78 is 6.00. The van der Waals surface area contributed by atoms with Crippen molar-refractivity contribution < 1.29 is 19.4 Å².